The molecule has 16 heteroatoms. The Hall–Kier alpha value is -14.4. The summed E-state index contributed by atoms with van der Waals surface area (Å²) in [6.45, 7) is 16.9. The van der Waals surface area contributed by atoms with Gasteiger partial charge in [0.25, 0.3) is 0 Å². The zero-order chi connectivity index (χ0) is 79.3. The fraction of sp³-hybridized carbons (Fsp3) is 0.122. The van der Waals surface area contributed by atoms with E-state index in [1.54, 1.807) is 58.7 Å². The largest absolute Gasteiger partial charge is 0.430 e. The van der Waals surface area contributed by atoms with E-state index in [4.69, 9.17) is 25.7 Å². The van der Waals surface area contributed by atoms with Crippen molar-refractivity contribution in [3.63, 3.8) is 0 Å². The molecule has 2 aliphatic heterocycles. The standard InChI is InChI=1S/C17H16N3.C15H13N4.C15H12N3.C12H6.C11H4.C10H2.C9H7N2.C9H4.4Ir/c1-12-7-8-18-16(9-12)14-5-4-6-15(10-14)17-11-19-13(2)20(17)3;1-10-6-7-16-14(8-10)12-4-3-5-13(9-12)15-17-11(2)18-19-15;1-11-5-6-16-14(9-11)12-3-2-4-13(10-12)15-17-7-8-18-15;1-3-5-7-9-11-12-10-8-6-4-2;1-3-5-7-9-11-10-8-6-4-2;1-3-5-7-9-10-8-6-4-2;1-2-5-11-9(3-1)8-4-6-10-7-8;1-3-5-7-9-8-6-4-2;;;;/h4,6-11H,1-3H3;3,5-9,11H,1-2H3;2,4-10,15H,1H3;1-2H3;1H,2H3;1-2H;1-3,5-7,10H;1H,2H3;;;;/q3*-1;;;;-1;;;;;. The smallest absolute Gasteiger partial charge is 0.160 e. The normalized spacial score (nSPS) is 9.35. The van der Waals surface area contributed by atoms with Gasteiger partial charge in [-0.25, -0.2) is 9.98 Å². The van der Waals surface area contributed by atoms with Crippen molar-refractivity contribution in [2.45, 2.75) is 74.6 Å². The third-order valence-electron chi connectivity index (χ3n) is 12.9. The molecule has 0 amide bonds. The van der Waals surface area contributed by atoms with Gasteiger partial charge >= 0.3 is 0 Å². The number of benzene rings is 3. The molecular formula is C98H64Ir4N12-4. The first-order valence-electron chi connectivity index (χ1n) is 32.6. The van der Waals surface area contributed by atoms with E-state index in [1.165, 1.54) is 16.7 Å². The number of terminal acetylenes is 4. The van der Waals surface area contributed by atoms with Crippen LogP contribution in [0.4, 0.5) is 0 Å². The van der Waals surface area contributed by atoms with Crippen LogP contribution in [0.5, 0.6) is 0 Å². The first-order valence-corrected chi connectivity index (χ1v) is 32.6. The minimum absolute atomic E-state index is 0. The Morgan fingerprint density at radius 1 is 0.404 bits per heavy atom. The number of pyridine rings is 4. The third kappa shape index (κ3) is 41.8. The zero-order valence-corrected chi connectivity index (χ0v) is 72.9. The van der Waals surface area contributed by atoms with Crippen LogP contribution < -0.4 is 0 Å². The number of hydrogen-bond donors (Lipinski definition) is 1. The van der Waals surface area contributed by atoms with Crippen molar-refractivity contribution in [2.24, 2.45) is 32.3 Å². The molecule has 0 saturated carbocycles. The van der Waals surface area contributed by atoms with Crippen LogP contribution in [-0.2, 0) is 87.5 Å². The first-order chi connectivity index (χ1) is 53.8. The van der Waals surface area contributed by atoms with Crippen molar-refractivity contribution in [1.82, 2.24) is 34.5 Å². The molecule has 9 aromatic rings. The van der Waals surface area contributed by atoms with E-state index in [2.05, 4.69) is 323 Å². The maximum absolute atomic E-state index is 4.84. The molecule has 3 aromatic carbocycles. The maximum Gasteiger partial charge on any atom is 0.160 e. The summed E-state index contributed by atoms with van der Waals surface area (Å²) in [5.74, 6) is 84.5. The Morgan fingerprint density at radius 2 is 0.789 bits per heavy atom. The summed E-state index contributed by atoms with van der Waals surface area (Å²) in [6, 6.07) is 48.5. The van der Waals surface area contributed by atoms with Crippen LogP contribution in [0.3, 0.4) is 0 Å². The minimum Gasteiger partial charge on any atom is -0.430 e. The van der Waals surface area contributed by atoms with Crippen LogP contribution >= 0.6 is 0 Å². The van der Waals surface area contributed by atoms with Gasteiger partial charge < -0.3 is 29.5 Å². The van der Waals surface area contributed by atoms with Gasteiger partial charge in [-0.1, -0.05) is 93.6 Å². The molecule has 1 unspecified atom stereocenters. The molecule has 1 atom stereocenters. The first kappa shape index (κ1) is 99.6. The number of amidine groups is 1. The van der Waals surface area contributed by atoms with Crippen LogP contribution in [-0.4, -0.2) is 58.9 Å². The molecule has 2 aliphatic rings. The van der Waals surface area contributed by atoms with E-state index < -0.39 is 0 Å². The fourth-order valence-electron chi connectivity index (χ4n) is 8.00. The quantitative estimate of drug-likeness (QED) is 0.125. The zero-order valence-electron chi connectivity index (χ0n) is 63.3. The monoisotopic (exact) mass is 2180 g/mol. The summed E-state index contributed by atoms with van der Waals surface area (Å²) in [6.07, 6.45) is 35.3. The van der Waals surface area contributed by atoms with E-state index in [0.717, 1.165) is 73.2 Å². The molecule has 1 N–H and O–H groups in total. The van der Waals surface area contributed by atoms with Gasteiger partial charge in [-0.3, -0.25) is 9.98 Å². The van der Waals surface area contributed by atoms with Gasteiger partial charge in [0.2, 0.25) is 0 Å². The van der Waals surface area contributed by atoms with Gasteiger partial charge in [0.15, 0.2) is 12.0 Å². The Balaban J connectivity index is 0.00000130. The Kier molecular flexibility index (Phi) is 55.5. The number of hydrogen-bond acceptors (Lipinski definition) is 10. The number of rotatable bonds is 7. The summed E-state index contributed by atoms with van der Waals surface area (Å²) in [5, 5.41) is 8.09. The number of aromatic amines is 1. The third-order valence-corrected chi connectivity index (χ3v) is 12.9. The van der Waals surface area contributed by atoms with Crippen molar-refractivity contribution < 1.29 is 80.4 Å². The number of nitrogens with one attached hydrogen (secondary N) is 1. The predicted molar refractivity (Wildman–Crippen MR) is 445 cm³/mol. The number of nitrogens with zero attached hydrogens (tertiary/aromatic N) is 11. The molecule has 114 heavy (non-hydrogen) atoms. The molecule has 12 nitrogen and oxygen atoms in total. The van der Waals surface area contributed by atoms with Crippen LogP contribution in [0.1, 0.15) is 74.4 Å². The number of aliphatic imine (C=N–C) groups is 3. The number of imidazole rings is 1. The van der Waals surface area contributed by atoms with Crippen molar-refractivity contribution in [1.29, 1.82) is 0 Å². The second-order valence-electron chi connectivity index (χ2n) is 20.7. The van der Waals surface area contributed by atoms with Crippen molar-refractivity contribution >= 4 is 18.3 Å². The number of H-pyrrole nitrogens is 1. The van der Waals surface area contributed by atoms with Crippen LogP contribution in [0.15, 0.2) is 178 Å². The predicted octanol–water partition coefficient (Wildman–Crippen LogP) is 14.5. The summed E-state index contributed by atoms with van der Waals surface area (Å²) >= 11 is 0. The molecule has 0 fully saturated rings. The number of aryl methyl sites for hydroxylation is 4. The van der Waals surface area contributed by atoms with E-state index in [-0.39, 0.29) is 92.8 Å². The molecule has 11 rings (SSSR count). The van der Waals surface area contributed by atoms with Crippen LogP contribution in [0.25, 0.3) is 56.3 Å². The van der Waals surface area contributed by atoms with Crippen molar-refractivity contribution in [3.8, 4) is 283 Å². The van der Waals surface area contributed by atoms with E-state index in [0.29, 0.717) is 5.84 Å². The summed E-state index contributed by atoms with van der Waals surface area (Å²) in [7, 11) is 2.03. The van der Waals surface area contributed by atoms with E-state index in [1.807, 2.05) is 138 Å². The van der Waals surface area contributed by atoms with Crippen molar-refractivity contribution in [2.75, 3.05) is 0 Å². The van der Waals surface area contributed by atoms with Gasteiger partial charge in [0.05, 0.1) is 6.20 Å². The molecule has 8 heterocycles. The fourth-order valence-corrected chi connectivity index (χ4v) is 8.00. The molecule has 0 spiro atoms. The molecule has 0 saturated heterocycles. The molecule has 6 aromatic heterocycles. The van der Waals surface area contributed by atoms with Crippen LogP contribution in [0.2, 0.25) is 0 Å². The molecule has 0 aliphatic carbocycles. The molecule has 0 bridgehead atoms. The average molecular weight is 2180 g/mol. The Labute approximate surface area is 727 Å². The van der Waals surface area contributed by atoms with Crippen molar-refractivity contribution in [3.05, 3.63) is 210 Å². The van der Waals surface area contributed by atoms with E-state index in [9.17, 15) is 0 Å². The second-order valence-corrected chi connectivity index (χ2v) is 20.7. The molecule has 556 valence electrons. The Morgan fingerprint density at radius 3 is 1.14 bits per heavy atom. The van der Waals surface area contributed by atoms with Gasteiger partial charge in [0, 0.05) is 130 Å². The molecule has 4 radical (unpaired) electrons. The van der Waals surface area contributed by atoms with Crippen LogP contribution in [0, 0.1) is 279 Å². The van der Waals surface area contributed by atoms with Gasteiger partial charge in [-0.15, -0.1) is 126 Å². The summed E-state index contributed by atoms with van der Waals surface area (Å²) < 4.78 is 2.09. The van der Waals surface area contributed by atoms with Gasteiger partial charge in [-0.05, 0) is 287 Å². The number of azo groups is 1. The summed E-state index contributed by atoms with van der Waals surface area (Å²) in [4.78, 5) is 37.5. The minimum atomic E-state index is -0.108. The van der Waals surface area contributed by atoms with Gasteiger partial charge in [0.1, 0.15) is 12.0 Å². The topological polar surface area (TPSA) is 147 Å². The maximum atomic E-state index is 4.84. The number of aromatic nitrogens is 7. The summed E-state index contributed by atoms with van der Waals surface area (Å²) in [5.41, 5.74) is 15.5. The average Bonchev–Trinajstić information content (AvgIpc) is 1.71. The second kappa shape index (κ2) is 63.5. The Bertz CT molecular complexity index is 5980. The SMILES string of the molecule is C#CC#CC#CC#CC.C#CC#CC#CC#CC#C.C#CC#CC#CC#CC#CC.CC#CC#CC#CC#CC#CC.Cc1ccnc(-c2[c-]ccc(-c3cnc(C)n3C)c2)c1.Cc1ccnc(-c2[c-]ccc(C3=NC(C)N=N3)c2)c1.Cc1ccnc(-c2[c-]ccc(C3N=CC=N3)c2)c1.[Ir].[Ir].[Ir].[Ir].[c-]1c[nH]cc1-c1ccccn1. The molecular weight excluding hydrogens is 2110 g/mol. The van der Waals surface area contributed by atoms with Gasteiger partial charge in [-0.2, -0.15) is 16.7 Å². The van der Waals surface area contributed by atoms with E-state index >= 15 is 0 Å².